The van der Waals surface area contributed by atoms with E-state index in [-0.39, 0.29) is 18.5 Å². The molecule has 5 nitrogen and oxygen atoms in total. The van der Waals surface area contributed by atoms with Crippen LogP contribution in [0.2, 0.25) is 0 Å². The van der Waals surface area contributed by atoms with Gasteiger partial charge in [-0.2, -0.15) is 5.26 Å². The van der Waals surface area contributed by atoms with Gasteiger partial charge < -0.3 is 15.0 Å². The third-order valence-corrected chi connectivity index (χ3v) is 3.38. The van der Waals surface area contributed by atoms with Crippen molar-refractivity contribution in [2.45, 2.75) is 18.9 Å². The van der Waals surface area contributed by atoms with Crippen molar-refractivity contribution >= 4 is 11.6 Å². The van der Waals surface area contributed by atoms with Gasteiger partial charge in [-0.05, 0) is 31.0 Å². The van der Waals surface area contributed by atoms with E-state index in [9.17, 15) is 4.79 Å². The average Bonchev–Trinajstić information content (AvgIpc) is 2.48. The molecule has 1 aromatic rings. The number of nitrogens with zero attached hydrogens (tertiary/aromatic N) is 2. The van der Waals surface area contributed by atoms with Crippen LogP contribution in [0.5, 0.6) is 0 Å². The molecule has 0 spiro atoms. The molecule has 106 valence electrons. The lowest BCUT2D eigenvalue weighted by Gasteiger charge is -2.25. The van der Waals surface area contributed by atoms with Gasteiger partial charge in [0.05, 0.1) is 18.2 Å². The number of anilines is 1. The van der Waals surface area contributed by atoms with Crippen molar-refractivity contribution < 1.29 is 9.53 Å². The molecule has 1 aromatic carbocycles. The number of likely N-dealkylation sites (N-methyl/N-ethyl adjacent to an activating group) is 1. The summed E-state index contributed by atoms with van der Waals surface area (Å²) in [5, 5.41) is 11.9. The summed E-state index contributed by atoms with van der Waals surface area (Å²) in [7, 11) is 1.85. The number of amides is 1. The number of carbonyl (C=O) groups is 1. The molecule has 0 radical (unpaired) electrons. The molecule has 1 fully saturated rings. The summed E-state index contributed by atoms with van der Waals surface area (Å²) in [4.78, 5) is 13.8. The minimum atomic E-state index is 0.00163. The van der Waals surface area contributed by atoms with Gasteiger partial charge in [0, 0.05) is 32.0 Å². The fourth-order valence-electron chi connectivity index (χ4n) is 2.23. The zero-order chi connectivity index (χ0) is 14.4. The second-order valence-corrected chi connectivity index (χ2v) is 4.97. The van der Waals surface area contributed by atoms with Gasteiger partial charge in [0.2, 0.25) is 5.91 Å². The number of nitriles is 1. The van der Waals surface area contributed by atoms with E-state index in [0.29, 0.717) is 18.8 Å². The van der Waals surface area contributed by atoms with Crippen molar-refractivity contribution in [3.05, 3.63) is 29.8 Å². The first-order valence-corrected chi connectivity index (χ1v) is 6.77. The predicted octanol–water partition coefficient (Wildman–Crippen LogP) is 1.29. The Hall–Kier alpha value is -2.06. The molecule has 1 aliphatic rings. The third-order valence-electron chi connectivity index (χ3n) is 3.38. The van der Waals surface area contributed by atoms with Gasteiger partial charge in [-0.1, -0.05) is 6.07 Å². The Morgan fingerprint density at radius 1 is 1.50 bits per heavy atom. The molecule has 5 heteroatoms. The molecule has 1 saturated heterocycles. The number of hydrogen-bond donors (Lipinski definition) is 1. The third kappa shape index (κ3) is 3.97. The topological polar surface area (TPSA) is 65.4 Å². The first kappa shape index (κ1) is 14.4. The van der Waals surface area contributed by atoms with E-state index >= 15 is 0 Å². The van der Waals surface area contributed by atoms with E-state index in [0.717, 1.165) is 18.5 Å². The summed E-state index contributed by atoms with van der Waals surface area (Å²) in [5.41, 5.74) is 1.46. The van der Waals surface area contributed by atoms with Crippen molar-refractivity contribution in [1.82, 2.24) is 5.32 Å². The summed E-state index contributed by atoms with van der Waals surface area (Å²) in [6.45, 7) is 1.71. The normalized spacial score (nSPS) is 15.4. The maximum atomic E-state index is 12.0. The second-order valence-electron chi connectivity index (χ2n) is 4.97. The van der Waals surface area contributed by atoms with Gasteiger partial charge in [-0.3, -0.25) is 4.79 Å². The van der Waals surface area contributed by atoms with Crippen molar-refractivity contribution in [3.63, 3.8) is 0 Å². The van der Waals surface area contributed by atoms with Crippen LogP contribution in [0.25, 0.3) is 0 Å². The van der Waals surface area contributed by atoms with E-state index in [1.165, 1.54) is 0 Å². The number of rotatable bonds is 4. The fraction of sp³-hybridized carbons (Fsp3) is 0.467. The van der Waals surface area contributed by atoms with Crippen LogP contribution in [-0.4, -0.2) is 38.8 Å². The molecule has 1 amide bonds. The lowest BCUT2D eigenvalue weighted by atomic mass is 10.1. The van der Waals surface area contributed by atoms with Crippen LogP contribution in [0.3, 0.4) is 0 Å². The molecule has 1 aliphatic heterocycles. The Kier molecular flexibility index (Phi) is 4.97. The van der Waals surface area contributed by atoms with Crippen molar-refractivity contribution in [2.24, 2.45) is 0 Å². The molecular formula is C15H19N3O2. The molecule has 0 bridgehead atoms. The van der Waals surface area contributed by atoms with E-state index in [4.69, 9.17) is 10.00 Å². The van der Waals surface area contributed by atoms with Crippen molar-refractivity contribution in [1.29, 1.82) is 5.26 Å². The minimum Gasteiger partial charge on any atom is -0.381 e. The summed E-state index contributed by atoms with van der Waals surface area (Å²) in [6.07, 6.45) is 1.75. The highest BCUT2D eigenvalue weighted by Crippen LogP contribution is 2.14. The lowest BCUT2D eigenvalue weighted by molar-refractivity contribution is -0.121. The van der Waals surface area contributed by atoms with Gasteiger partial charge in [-0.25, -0.2) is 0 Å². The predicted molar refractivity (Wildman–Crippen MR) is 76.4 cm³/mol. The van der Waals surface area contributed by atoms with Crippen LogP contribution in [0.15, 0.2) is 24.3 Å². The molecule has 0 saturated carbocycles. The van der Waals surface area contributed by atoms with Crippen LogP contribution >= 0.6 is 0 Å². The summed E-state index contributed by atoms with van der Waals surface area (Å²) in [6, 6.07) is 9.56. The highest BCUT2D eigenvalue weighted by molar-refractivity contribution is 5.81. The number of benzene rings is 1. The monoisotopic (exact) mass is 273 g/mol. The first-order chi connectivity index (χ1) is 9.69. The number of nitrogens with one attached hydrogen (secondary N) is 1. The molecule has 0 aromatic heterocycles. The van der Waals surface area contributed by atoms with E-state index in [1.54, 1.807) is 12.1 Å². The molecular weight excluding hydrogens is 254 g/mol. The van der Waals surface area contributed by atoms with Crippen molar-refractivity contribution in [3.8, 4) is 6.07 Å². The SMILES string of the molecule is CN(CC(=O)NC1CCOCC1)c1cccc(C#N)c1. The van der Waals surface area contributed by atoms with Crippen molar-refractivity contribution in [2.75, 3.05) is 31.7 Å². The maximum absolute atomic E-state index is 12.0. The van der Waals surface area contributed by atoms with E-state index < -0.39 is 0 Å². The fourth-order valence-corrected chi connectivity index (χ4v) is 2.23. The number of carbonyl (C=O) groups excluding carboxylic acids is 1. The molecule has 0 aliphatic carbocycles. The quantitative estimate of drug-likeness (QED) is 0.897. The Morgan fingerprint density at radius 2 is 2.25 bits per heavy atom. The highest BCUT2D eigenvalue weighted by Gasteiger charge is 2.17. The lowest BCUT2D eigenvalue weighted by Crippen LogP contribution is -2.43. The van der Waals surface area contributed by atoms with E-state index in [1.807, 2.05) is 24.1 Å². The van der Waals surface area contributed by atoms with Crippen LogP contribution in [0.1, 0.15) is 18.4 Å². The average molecular weight is 273 g/mol. The Labute approximate surface area is 119 Å². The van der Waals surface area contributed by atoms with Crippen LogP contribution < -0.4 is 10.2 Å². The summed E-state index contributed by atoms with van der Waals surface area (Å²) in [5.74, 6) is 0.00163. The van der Waals surface area contributed by atoms with Crippen LogP contribution in [0.4, 0.5) is 5.69 Å². The maximum Gasteiger partial charge on any atom is 0.239 e. The molecule has 2 rings (SSSR count). The molecule has 1 heterocycles. The van der Waals surface area contributed by atoms with Gasteiger partial charge in [-0.15, -0.1) is 0 Å². The van der Waals surface area contributed by atoms with Crippen LogP contribution in [-0.2, 0) is 9.53 Å². The minimum absolute atomic E-state index is 0.00163. The number of hydrogen-bond acceptors (Lipinski definition) is 4. The summed E-state index contributed by atoms with van der Waals surface area (Å²) >= 11 is 0. The van der Waals surface area contributed by atoms with Gasteiger partial charge >= 0.3 is 0 Å². The van der Waals surface area contributed by atoms with Gasteiger partial charge in [0.25, 0.3) is 0 Å². The highest BCUT2D eigenvalue weighted by atomic mass is 16.5. The Morgan fingerprint density at radius 3 is 2.95 bits per heavy atom. The largest absolute Gasteiger partial charge is 0.381 e. The van der Waals surface area contributed by atoms with E-state index in [2.05, 4.69) is 11.4 Å². The molecule has 20 heavy (non-hydrogen) atoms. The Bertz CT molecular complexity index is 504. The zero-order valence-corrected chi connectivity index (χ0v) is 11.6. The smallest absolute Gasteiger partial charge is 0.239 e. The Balaban J connectivity index is 1.88. The van der Waals surface area contributed by atoms with Gasteiger partial charge in [0.15, 0.2) is 0 Å². The second kappa shape index (κ2) is 6.92. The zero-order valence-electron chi connectivity index (χ0n) is 11.6. The van der Waals surface area contributed by atoms with Gasteiger partial charge in [0.1, 0.15) is 0 Å². The molecule has 1 N–H and O–H groups in total. The number of ether oxygens (including phenoxy) is 1. The molecule has 0 unspecified atom stereocenters. The summed E-state index contributed by atoms with van der Waals surface area (Å²) < 4.78 is 5.26. The van der Waals surface area contributed by atoms with Crippen LogP contribution in [0, 0.1) is 11.3 Å². The molecule has 0 atom stereocenters. The standard InChI is InChI=1S/C15H19N3O2/c1-18(14-4-2-3-12(9-14)10-16)11-15(19)17-13-5-7-20-8-6-13/h2-4,9,13H,5-8,11H2,1H3,(H,17,19). The first-order valence-electron chi connectivity index (χ1n) is 6.77.